The zero-order valence-corrected chi connectivity index (χ0v) is 32.8. The average molecular weight is 799 g/mol. The van der Waals surface area contributed by atoms with Crippen molar-refractivity contribution in [2.75, 3.05) is 66.5 Å². The fourth-order valence-corrected chi connectivity index (χ4v) is 5.10. The van der Waals surface area contributed by atoms with Gasteiger partial charge in [0.1, 0.15) is 17.2 Å². The van der Waals surface area contributed by atoms with Crippen molar-refractivity contribution in [2.45, 2.75) is 53.7 Å². The van der Waals surface area contributed by atoms with Crippen molar-refractivity contribution in [3.05, 3.63) is 70.0 Å². The number of ketones is 2. The van der Waals surface area contributed by atoms with Gasteiger partial charge in [-0.1, -0.05) is 31.2 Å². The Bertz CT molecular complexity index is 1840. The molecule has 0 unspecified atom stereocenters. The number of carbonyl (C=O) groups is 6. The van der Waals surface area contributed by atoms with E-state index in [1.807, 2.05) is 10.9 Å². The summed E-state index contributed by atoms with van der Waals surface area (Å²) in [6.07, 6.45) is 3.38. The third-order valence-electron chi connectivity index (χ3n) is 7.84. The molecule has 0 fully saturated rings. The van der Waals surface area contributed by atoms with E-state index in [1.165, 1.54) is 18.2 Å². The minimum atomic E-state index is -1.36. The molecule has 0 radical (unpaired) electrons. The van der Waals surface area contributed by atoms with E-state index in [4.69, 9.17) is 33.2 Å². The average Bonchev–Trinajstić information content (AvgIpc) is 3.62. The van der Waals surface area contributed by atoms with Crippen molar-refractivity contribution in [1.29, 1.82) is 0 Å². The van der Waals surface area contributed by atoms with Gasteiger partial charge in [0, 0.05) is 45.0 Å². The number of rotatable bonds is 23. The second-order valence-electron chi connectivity index (χ2n) is 12.8. The lowest BCUT2D eigenvalue weighted by molar-refractivity contribution is -0.132. The number of nitrogens with zero attached hydrogens (tertiary/aromatic N) is 3. The van der Waals surface area contributed by atoms with Gasteiger partial charge in [-0.3, -0.25) is 28.7 Å². The van der Waals surface area contributed by atoms with E-state index in [0.717, 1.165) is 44.6 Å². The Hall–Kier alpha value is -5.40. The highest BCUT2D eigenvalue weighted by molar-refractivity contribution is 6.30. The Morgan fingerprint density at radius 1 is 0.754 bits per heavy atom. The second-order valence-corrected chi connectivity index (χ2v) is 12.8. The standard InChI is InChI=1S/C20H38N4O6.C19H12O8/c1-18(2)4-6-24-16-19(22-23-24)17-30-15-14-29-13-12-28-11-10-27-9-8-26-7-5-20(25)21-3;1-8(20)26-13-5-3-4-11-15(13)18(23)16-12(17(11)22)6-10(19(24)25)7-14(16)27-9(2)21/h16,18H,4-15,17H2,1-3H3,(H,21,25);3-7H,1-2H3,(H,24,25). The van der Waals surface area contributed by atoms with Crippen LogP contribution in [-0.4, -0.2) is 122 Å². The third kappa shape index (κ3) is 15.6. The van der Waals surface area contributed by atoms with E-state index in [1.54, 1.807) is 7.05 Å². The summed E-state index contributed by atoms with van der Waals surface area (Å²) in [6.45, 7) is 12.3. The SMILES string of the molecule is CC(=O)Oc1cccc2c1C(=O)c1c(OC(C)=O)cc(C(=O)O)cc1C2=O.CNC(=O)CCOCCOCCOCCOCCOCc1cn(CCC(C)C)nn1. The quantitative estimate of drug-likeness (QED) is 0.0624. The van der Waals surface area contributed by atoms with Crippen LogP contribution in [0.15, 0.2) is 36.5 Å². The number of nitrogens with one attached hydrogen (secondary N) is 1. The molecule has 4 rings (SSSR count). The van der Waals surface area contributed by atoms with E-state index < -0.39 is 29.5 Å². The molecule has 18 nitrogen and oxygen atoms in total. The maximum Gasteiger partial charge on any atom is 0.335 e. The zero-order chi connectivity index (χ0) is 41.7. The number of benzene rings is 2. The molecule has 1 aliphatic rings. The predicted molar refractivity (Wildman–Crippen MR) is 200 cm³/mol. The first kappa shape index (κ1) is 46.0. The van der Waals surface area contributed by atoms with Gasteiger partial charge in [-0.2, -0.15) is 0 Å². The molecule has 0 spiro atoms. The van der Waals surface area contributed by atoms with Crippen molar-refractivity contribution in [3.8, 4) is 11.5 Å². The van der Waals surface area contributed by atoms with E-state index in [9.17, 15) is 33.9 Å². The number of aryl methyl sites for hydroxylation is 1. The smallest absolute Gasteiger partial charge is 0.335 e. The van der Waals surface area contributed by atoms with Crippen molar-refractivity contribution >= 4 is 35.4 Å². The lowest BCUT2D eigenvalue weighted by Crippen LogP contribution is -2.24. The summed E-state index contributed by atoms with van der Waals surface area (Å²) in [5, 5.41) is 20.0. The molecule has 0 saturated carbocycles. The Balaban J connectivity index is 0.000000306. The minimum absolute atomic E-state index is 0.0281. The molecule has 310 valence electrons. The zero-order valence-electron chi connectivity index (χ0n) is 32.8. The lowest BCUT2D eigenvalue weighted by atomic mass is 9.82. The summed E-state index contributed by atoms with van der Waals surface area (Å²) < 4.78 is 38.9. The molecule has 57 heavy (non-hydrogen) atoms. The molecule has 1 aliphatic carbocycles. The number of carbonyl (C=O) groups excluding carboxylic acids is 5. The fraction of sp³-hybridized carbons (Fsp3) is 0.487. The number of aromatic carboxylic acids is 1. The van der Waals surface area contributed by atoms with Gasteiger partial charge in [0.05, 0.1) is 89.0 Å². The van der Waals surface area contributed by atoms with Gasteiger partial charge >= 0.3 is 17.9 Å². The number of amides is 1. The summed E-state index contributed by atoms with van der Waals surface area (Å²) in [5.74, 6) is -4.04. The van der Waals surface area contributed by atoms with E-state index in [0.29, 0.717) is 78.4 Å². The summed E-state index contributed by atoms with van der Waals surface area (Å²) in [4.78, 5) is 71.0. The number of aromatic nitrogens is 3. The van der Waals surface area contributed by atoms with Gasteiger partial charge in [-0.25, -0.2) is 4.79 Å². The number of hydrogen-bond donors (Lipinski definition) is 2. The van der Waals surface area contributed by atoms with Gasteiger partial charge in [0.25, 0.3) is 0 Å². The second kappa shape index (κ2) is 24.3. The fourth-order valence-electron chi connectivity index (χ4n) is 5.10. The maximum absolute atomic E-state index is 13.1. The topological polar surface area (TPSA) is 230 Å². The van der Waals surface area contributed by atoms with Gasteiger partial charge in [-0.15, -0.1) is 5.10 Å². The molecule has 0 atom stereocenters. The summed E-state index contributed by atoms with van der Waals surface area (Å²) in [6, 6.07) is 6.19. The van der Waals surface area contributed by atoms with Gasteiger partial charge in [0.15, 0.2) is 5.78 Å². The lowest BCUT2D eigenvalue weighted by Gasteiger charge is -2.21. The van der Waals surface area contributed by atoms with Crippen LogP contribution in [0.3, 0.4) is 0 Å². The number of fused-ring (bicyclic) bond motifs is 2. The summed E-state index contributed by atoms with van der Waals surface area (Å²) >= 11 is 0. The summed E-state index contributed by atoms with van der Waals surface area (Å²) in [7, 11) is 1.61. The van der Waals surface area contributed by atoms with Crippen LogP contribution in [-0.2, 0) is 51.2 Å². The monoisotopic (exact) mass is 798 g/mol. The van der Waals surface area contributed by atoms with Gasteiger partial charge < -0.3 is 43.6 Å². The normalized spacial score (nSPS) is 11.7. The van der Waals surface area contributed by atoms with E-state index in [2.05, 4.69) is 29.5 Å². The highest BCUT2D eigenvalue weighted by Gasteiger charge is 2.36. The molecule has 0 saturated heterocycles. The van der Waals surface area contributed by atoms with Crippen LogP contribution >= 0.6 is 0 Å². The molecule has 1 heterocycles. The van der Waals surface area contributed by atoms with Gasteiger partial charge in [-0.05, 0) is 30.5 Å². The molecular formula is C39H50N4O14. The number of carboxylic acid groups (broad SMARTS) is 1. The van der Waals surface area contributed by atoms with Crippen molar-refractivity contribution in [1.82, 2.24) is 20.3 Å². The molecule has 0 aliphatic heterocycles. The largest absolute Gasteiger partial charge is 0.478 e. The van der Waals surface area contributed by atoms with E-state index >= 15 is 0 Å². The van der Waals surface area contributed by atoms with Crippen LogP contribution in [0.5, 0.6) is 11.5 Å². The molecule has 1 amide bonds. The summed E-state index contributed by atoms with van der Waals surface area (Å²) in [5.41, 5.74) is -0.134. The van der Waals surface area contributed by atoms with Crippen molar-refractivity contribution < 1.29 is 67.0 Å². The molecule has 2 N–H and O–H groups in total. The number of carboxylic acids is 1. The first-order valence-corrected chi connectivity index (χ1v) is 18.3. The Kier molecular flexibility index (Phi) is 19.6. The molecule has 18 heteroatoms. The van der Waals surface area contributed by atoms with Crippen LogP contribution < -0.4 is 14.8 Å². The molecule has 0 bridgehead atoms. The van der Waals surface area contributed by atoms with E-state index in [-0.39, 0.29) is 45.2 Å². The Labute approximate surface area is 330 Å². The third-order valence-corrected chi connectivity index (χ3v) is 7.84. The molecular weight excluding hydrogens is 748 g/mol. The number of esters is 2. The van der Waals surface area contributed by atoms with Crippen molar-refractivity contribution in [2.24, 2.45) is 5.92 Å². The predicted octanol–water partition coefficient (Wildman–Crippen LogP) is 3.05. The Morgan fingerprint density at radius 3 is 1.88 bits per heavy atom. The molecule has 2 aromatic carbocycles. The Morgan fingerprint density at radius 2 is 1.32 bits per heavy atom. The van der Waals surface area contributed by atoms with Gasteiger partial charge in [0.2, 0.25) is 11.7 Å². The highest BCUT2D eigenvalue weighted by atomic mass is 16.6. The van der Waals surface area contributed by atoms with Crippen LogP contribution in [0.25, 0.3) is 0 Å². The van der Waals surface area contributed by atoms with Crippen LogP contribution in [0, 0.1) is 5.92 Å². The van der Waals surface area contributed by atoms with Crippen LogP contribution in [0.1, 0.15) is 88.4 Å². The molecule has 3 aromatic rings. The number of hydrogen-bond acceptors (Lipinski definition) is 15. The van der Waals surface area contributed by atoms with Crippen LogP contribution in [0.2, 0.25) is 0 Å². The first-order chi connectivity index (χ1) is 27.3. The highest BCUT2D eigenvalue weighted by Crippen LogP contribution is 2.38. The van der Waals surface area contributed by atoms with Crippen molar-refractivity contribution in [3.63, 3.8) is 0 Å². The number of ether oxygens (including phenoxy) is 7. The minimum Gasteiger partial charge on any atom is -0.478 e. The maximum atomic E-state index is 13.1. The van der Waals surface area contributed by atoms with Crippen LogP contribution in [0.4, 0.5) is 0 Å². The molecule has 1 aromatic heterocycles. The first-order valence-electron chi connectivity index (χ1n) is 18.3.